The highest BCUT2D eigenvalue weighted by Crippen LogP contribution is 2.16. The molecule has 0 fully saturated rings. The Morgan fingerprint density at radius 3 is 2.60 bits per heavy atom. The highest BCUT2D eigenvalue weighted by atomic mass is 16.5. The highest BCUT2D eigenvalue weighted by Gasteiger charge is 2.16. The Labute approximate surface area is 116 Å². The Kier molecular flexibility index (Phi) is 4.10. The van der Waals surface area contributed by atoms with Crippen LogP contribution in [0.3, 0.4) is 0 Å². The van der Waals surface area contributed by atoms with Crippen LogP contribution in [0.1, 0.15) is 26.4 Å². The zero-order chi connectivity index (χ0) is 14.5. The molecule has 2 rings (SSSR count). The van der Waals surface area contributed by atoms with Gasteiger partial charge in [0.2, 0.25) is 0 Å². The molecule has 20 heavy (non-hydrogen) atoms. The van der Waals surface area contributed by atoms with Crippen LogP contribution in [-0.4, -0.2) is 24.0 Å². The molecule has 0 spiro atoms. The number of carbonyl (C=O) groups excluding carboxylic acids is 2. The number of nitrogens with zero attached hydrogens (tertiary/aromatic N) is 1. The summed E-state index contributed by atoms with van der Waals surface area (Å²) >= 11 is 0. The first-order valence-corrected chi connectivity index (χ1v) is 6.04. The smallest absolute Gasteiger partial charge is 0.358 e. The summed E-state index contributed by atoms with van der Waals surface area (Å²) < 4.78 is 4.64. The van der Waals surface area contributed by atoms with Crippen LogP contribution in [0.5, 0.6) is 0 Å². The number of benzene rings is 1. The van der Waals surface area contributed by atoms with Gasteiger partial charge in [0.25, 0.3) is 5.91 Å². The van der Waals surface area contributed by atoms with E-state index in [-0.39, 0.29) is 11.6 Å². The Morgan fingerprint density at radius 1 is 1.15 bits per heavy atom. The lowest BCUT2D eigenvalue weighted by atomic mass is 10.1. The average molecular weight is 270 g/mol. The molecule has 5 heteroatoms. The number of rotatable bonds is 3. The molecule has 0 atom stereocenters. The van der Waals surface area contributed by atoms with Crippen molar-refractivity contribution < 1.29 is 14.3 Å². The number of hydrogen-bond donors (Lipinski definition) is 1. The average Bonchev–Trinajstić information content (AvgIpc) is 2.47. The van der Waals surface area contributed by atoms with Crippen molar-refractivity contribution in [3.63, 3.8) is 0 Å². The number of ether oxygens (including phenoxy) is 1. The second-order valence-corrected chi connectivity index (χ2v) is 4.16. The van der Waals surface area contributed by atoms with Gasteiger partial charge < -0.3 is 10.1 Å². The molecule has 0 aliphatic heterocycles. The van der Waals surface area contributed by atoms with Crippen molar-refractivity contribution in [3.05, 3.63) is 59.4 Å². The first-order valence-electron chi connectivity index (χ1n) is 6.04. The zero-order valence-electron chi connectivity index (χ0n) is 11.2. The van der Waals surface area contributed by atoms with E-state index < -0.39 is 5.97 Å². The zero-order valence-corrected chi connectivity index (χ0v) is 11.2. The van der Waals surface area contributed by atoms with Gasteiger partial charge in [-0.3, -0.25) is 4.79 Å². The first-order chi connectivity index (χ1) is 9.63. The molecule has 5 nitrogen and oxygen atoms in total. The third-order valence-electron chi connectivity index (χ3n) is 2.82. The van der Waals surface area contributed by atoms with Crippen LogP contribution in [0, 0.1) is 6.92 Å². The number of hydrogen-bond acceptors (Lipinski definition) is 4. The minimum atomic E-state index is -0.592. The molecule has 0 aliphatic rings. The van der Waals surface area contributed by atoms with Gasteiger partial charge in [0.1, 0.15) is 0 Å². The maximum Gasteiger partial charge on any atom is 0.358 e. The van der Waals surface area contributed by atoms with E-state index in [1.807, 2.05) is 19.1 Å². The van der Waals surface area contributed by atoms with Crippen molar-refractivity contribution in [2.45, 2.75) is 6.92 Å². The molecule has 1 aromatic heterocycles. The Morgan fingerprint density at radius 2 is 1.90 bits per heavy atom. The van der Waals surface area contributed by atoms with E-state index in [4.69, 9.17) is 0 Å². The molecule has 0 bridgehead atoms. The van der Waals surface area contributed by atoms with Crippen LogP contribution in [0.25, 0.3) is 0 Å². The van der Waals surface area contributed by atoms with Gasteiger partial charge in [0, 0.05) is 11.8 Å². The maximum absolute atomic E-state index is 12.2. The predicted octanol–water partition coefficient (Wildman–Crippen LogP) is 2.43. The minimum Gasteiger partial charge on any atom is -0.464 e. The van der Waals surface area contributed by atoms with Crippen molar-refractivity contribution >= 4 is 17.6 Å². The number of methoxy groups -OCH3 is 1. The van der Waals surface area contributed by atoms with Crippen molar-refractivity contribution in [1.82, 2.24) is 4.98 Å². The van der Waals surface area contributed by atoms with Gasteiger partial charge >= 0.3 is 5.97 Å². The number of aromatic nitrogens is 1. The van der Waals surface area contributed by atoms with E-state index in [0.717, 1.165) is 5.56 Å². The van der Waals surface area contributed by atoms with Crippen LogP contribution in [0.2, 0.25) is 0 Å². The van der Waals surface area contributed by atoms with Crippen LogP contribution >= 0.6 is 0 Å². The molecule has 1 amide bonds. The van der Waals surface area contributed by atoms with Gasteiger partial charge in [-0.05, 0) is 30.7 Å². The Hall–Kier alpha value is -2.69. The van der Waals surface area contributed by atoms with E-state index in [0.29, 0.717) is 11.3 Å². The largest absolute Gasteiger partial charge is 0.464 e. The summed E-state index contributed by atoms with van der Waals surface area (Å²) in [5.74, 6) is -0.882. The Bertz CT molecular complexity index is 653. The molecule has 1 N–H and O–H groups in total. The van der Waals surface area contributed by atoms with E-state index in [9.17, 15) is 9.59 Å². The molecule has 0 unspecified atom stereocenters. The lowest BCUT2D eigenvalue weighted by Gasteiger charge is -2.10. The number of aryl methyl sites for hydroxylation is 1. The summed E-state index contributed by atoms with van der Waals surface area (Å²) in [5, 5.41) is 2.68. The van der Waals surface area contributed by atoms with Gasteiger partial charge in [-0.25, -0.2) is 9.78 Å². The summed E-state index contributed by atoms with van der Waals surface area (Å²) in [6.07, 6.45) is 1.47. The molecule has 0 aliphatic carbocycles. The van der Waals surface area contributed by atoms with Gasteiger partial charge in [0.15, 0.2) is 5.69 Å². The fourth-order valence-electron chi connectivity index (χ4n) is 1.78. The van der Waals surface area contributed by atoms with Crippen LogP contribution < -0.4 is 5.32 Å². The second kappa shape index (κ2) is 5.97. The Balaban J connectivity index is 2.29. The number of esters is 1. The molecule has 102 valence electrons. The number of carbonyl (C=O) groups is 2. The quantitative estimate of drug-likeness (QED) is 0.870. The summed E-state index contributed by atoms with van der Waals surface area (Å²) in [6, 6.07) is 10.5. The number of nitrogens with one attached hydrogen (secondary N) is 1. The van der Waals surface area contributed by atoms with Crippen LogP contribution in [-0.2, 0) is 4.74 Å². The van der Waals surface area contributed by atoms with Gasteiger partial charge in [0.05, 0.1) is 12.8 Å². The van der Waals surface area contributed by atoms with Gasteiger partial charge in [-0.15, -0.1) is 0 Å². The maximum atomic E-state index is 12.2. The first kappa shape index (κ1) is 13.7. The second-order valence-electron chi connectivity index (χ2n) is 4.16. The third kappa shape index (κ3) is 2.83. The van der Waals surface area contributed by atoms with E-state index in [1.165, 1.54) is 13.3 Å². The molecule has 0 saturated carbocycles. The molecule has 1 heterocycles. The lowest BCUT2D eigenvalue weighted by molar-refractivity contribution is 0.0595. The molecule has 1 aromatic carbocycles. The van der Waals surface area contributed by atoms with Crippen LogP contribution in [0.15, 0.2) is 42.6 Å². The molecular weight excluding hydrogens is 256 g/mol. The molecular formula is C15H14N2O3. The number of anilines is 1. The van der Waals surface area contributed by atoms with Crippen molar-refractivity contribution in [3.8, 4) is 0 Å². The standard InChI is InChI=1S/C15H14N2O3/c1-10-6-3-4-7-11(10)14(18)17-12-8-5-9-16-13(12)15(19)20-2/h3-9H,1-2H3,(H,17,18). The summed E-state index contributed by atoms with van der Waals surface area (Å²) in [5.41, 5.74) is 1.81. The van der Waals surface area contributed by atoms with E-state index >= 15 is 0 Å². The summed E-state index contributed by atoms with van der Waals surface area (Å²) in [6.45, 7) is 1.85. The fourth-order valence-corrected chi connectivity index (χ4v) is 1.78. The SMILES string of the molecule is COC(=O)c1ncccc1NC(=O)c1ccccc1C. The topological polar surface area (TPSA) is 68.3 Å². The number of amides is 1. The normalized spacial score (nSPS) is 9.90. The number of pyridine rings is 1. The van der Waals surface area contributed by atoms with Gasteiger partial charge in [-0.2, -0.15) is 0 Å². The summed E-state index contributed by atoms with van der Waals surface area (Å²) in [4.78, 5) is 27.7. The molecule has 0 radical (unpaired) electrons. The van der Waals surface area contributed by atoms with Crippen molar-refractivity contribution in [1.29, 1.82) is 0 Å². The fraction of sp³-hybridized carbons (Fsp3) is 0.133. The third-order valence-corrected chi connectivity index (χ3v) is 2.82. The highest BCUT2D eigenvalue weighted by molar-refractivity contribution is 6.08. The van der Waals surface area contributed by atoms with Crippen molar-refractivity contribution in [2.24, 2.45) is 0 Å². The summed E-state index contributed by atoms with van der Waals surface area (Å²) in [7, 11) is 1.27. The lowest BCUT2D eigenvalue weighted by Crippen LogP contribution is -2.17. The van der Waals surface area contributed by atoms with Gasteiger partial charge in [-0.1, -0.05) is 18.2 Å². The predicted molar refractivity (Wildman–Crippen MR) is 74.7 cm³/mol. The van der Waals surface area contributed by atoms with Crippen LogP contribution in [0.4, 0.5) is 5.69 Å². The molecule has 0 saturated heterocycles. The van der Waals surface area contributed by atoms with E-state index in [2.05, 4.69) is 15.0 Å². The molecule has 2 aromatic rings. The monoisotopic (exact) mass is 270 g/mol. The minimum absolute atomic E-state index is 0.0805. The van der Waals surface area contributed by atoms with E-state index in [1.54, 1.807) is 24.3 Å². The van der Waals surface area contributed by atoms with Crippen molar-refractivity contribution in [2.75, 3.05) is 12.4 Å².